The minimum Gasteiger partial charge on any atom is -0.490 e. The molecule has 0 saturated carbocycles. The average Bonchev–Trinajstić information content (AvgIpc) is 3.14. The molecule has 2 unspecified atom stereocenters. The fourth-order valence-electron chi connectivity index (χ4n) is 7.24. The van der Waals surface area contributed by atoms with Crippen molar-refractivity contribution in [1.82, 2.24) is 5.32 Å². The van der Waals surface area contributed by atoms with Crippen molar-refractivity contribution in [2.24, 2.45) is 11.8 Å². The summed E-state index contributed by atoms with van der Waals surface area (Å²) >= 11 is 3.65. The number of benzene rings is 3. The number of nitriles is 1. The molecule has 2 atom stereocenters. The molecule has 5 rings (SSSR count). The summed E-state index contributed by atoms with van der Waals surface area (Å²) < 4.78 is 42.7. The molecule has 0 bridgehead atoms. The molecule has 1 aliphatic carbocycles. The average molecular weight is 851 g/mol. The summed E-state index contributed by atoms with van der Waals surface area (Å²) in [5.41, 5.74) is 2.30. The number of para-hydroxylation sites is 1. The Bertz CT molecular complexity index is 2270. The maximum atomic E-state index is 14.3. The zero-order valence-corrected chi connectivity index (χ0v) is 34.2. The number of sulfonamides is 1. The van der Waals surface area contributed by atoms with Crippen LogP contribution in [0.3, 0.4) is 0 Å². The highest BCUT2D eigenvalue weighted by atomic mass is 79.9. The Balaban J connectivity index is 1.55. The van der Waals surface area contributed by atoms with Gasteiger partial charge < -0.3 is 14.8 Å². The molecule has 3 aromatic rings. The number of nitro benzene ring substituents is 2. The normalized spacial score (nSPS) is 16.9. The highest BCUT2D eigenvalue weighted by Gasteiger charge is 2.39. The standard InChI is InChI=1S/C40H44BrN5O9S/c1-6-10-26-17-32-39(35(47)18-26)38(30(22-42)25(5)43-32)28-19-31(41)40(36(20-28)54-7-2)55-23-27-11-8-9-12-33(27)44(16-15-24(3)4)56(52,53)37-14-13-29(45(48)49)21-34(37)46(50)51/h8-9,11-14,19-21,24,26,38,43H,6-7,10,15-18,23H2,1-5H3. The first-order chi connectivity index (χ1) is 26.6. The minimum atomic E-state index is -4.64. The van der Waals surface area contributed by atoms with Crippen molar-refractivity contribution in [2.75, 3.05) is 17.5 Å². The van der Waals surface area contributed by atoms with Gasteiger partial charge >= 0.3 is 0 Å². The second-order valence-corrected chi connectivity index (χ2v) is 16.9. The Labute approximate surface area is 334 Å². The number of hydrogen-bond acceptors (Lipinski definition) is 11. The zero-order chi connectivity index (χ0) is 40.9. The van der Waals surface area contributed by atoms with Crippen molar-refractivity contribution >= 4 is 48.8 Å². The molecule has 0 saturated heterocycles. The van der Waals surface area contributed by atoms with E-state index in [0.717, 1.165) is 35.0 Å². The first-order valence-corrected chi connectivity index (χ1v) is 20.6. The molecule has 14 nitrogen and oxygen atoms in total. The first kappa shape index (κ1) is 41.9. The van der Waals surface area contributed by atoms with Crippen LogP contribution in [-0.4, -0.2) is 37.2 Å². The van der Waals surface area contributed by atoms with E-state index in [1.54, 1.807) is 36.4 Å². The van der Waals surface area contributed by atoms with Crippen molar-refractivity contribution in [3.05, 3.63) is 113 Å². The number of carbonyl (C=O) groups is 1. The Morgan fingerprint density at radius 3 is 2.43 bits per heavy atom. The molecule has 0 fully saturated rings. The Morgan fingerprint density at radius 1 is 1.05 bits per heavy atom. The van der Waals surface area contributed by atoms with Gasteiger partial charge in [0.05, 0.1) is 50.2 Å². The van der Waals surface area contributed by atoms with E-state index in [1.165, 1.54) is 0 Å². The number of nitrogens with zero attached hydrogens (tertiary/aromatic N) is 4. The number of carbonyl (C=O) groups excluding carboxylic acids is 1. The predicted octanol–water partition coefficient (Wildman–Crippen LogP) is 9.00. The molecule has 0 spiro atoms. The number of non-ortho nitro benzene ring substituents is 1. The van der Waals surface area contributed by atoms with Crippen molar-refractivity contribution in [1.29, 1.82) is 5.26 Å². The molecule has 0 aromatic heterocycles. The summed E-state index contributed by atoms with van der Waals surface area (Å²) in [5, 5.41) is 37.1. The largest absolute Gasteiger partial charge is 0.490 e. The van der Waals surface area contributed by atoms with Crippen LogP contribution in [0.5, 0.6) is 11.5 Å². The van der Waals surface area contributed by atoms with E-state index in [0.29, 0.717) is 69.3 Å². The number of nitro groups is 2. The molecule has 56 heavy (non-hydrogen) atoms. The molecular formula is C40H44BrN5O9S. The van der Waals surface area contributed by atoms with Crippen LogP contribution < -0.4 is 19.1 Å². The van der Waals surface area contributed by atoms with Crippen molar-refractivity contribution < 1.29 is 32.5 Å². The number of anilines is 1. The fraction of sp³-hybridized carbons (Fsp3) is 0.400. The van der Waals surface area contributed by atoms with E-state index in [1.807, 2.05) is 27.7 Å². The van der Waals surface area contributed by atoms with Gasteiger partial charge in [0.25, 0.3) is 21.4 Å². The lowest BCUT2D eigenvalue weighted by Crippen LogP contribution is -2.34. The fourth-order valence-corrected chi connectivity index (χ4v) is 9.47. The zero-order valence-electron chi connectivity index (χ0n) is 31.8. The van der Waals surface area contributed by atoms with E-state index in [2.05, 4.69) is 34.2 Å². The number of dihydropyridines is 1. The smallest absolute Gasteiger partial charge is 0.296 e. The van der Waals surface area contributed by atoms with Crippen LogP contribution >= 0.6 is 15.9 Å². The molecular weight excluding hydrogens is 806 g/mol. The van der Waals surface area contributed by atoms with Gasteiger partial charge in [-0.1, -0.05) is 45.4 Å². The van der Waals surface area contributed by atoms with Gasteiger partial charge in [0.1, 0.15) is 6.61 Å². The van der Waals surface area contributed by atoms with Gasteiger partial charge in [-0.05, 0) is 90.7 Å². The maximum Gasteiger partial charge on any atom is 0.296 e. The second-order valence-electron chi connectivity index (χ2n) is 14.2. The van der Waals surface area contributed by atoms with Crippen molar-refractivity contribution in [2.45, 2.75) is 84.1 Å². The van der Waals surface area contributed by atoms with E-state index in [4.69, 9.17) is 9.47 Å². The Hall–Kier alpha value is -5.27. The monoisotopic (exact) mass is 849 g/mol. The molecule has 1 aliphatic heterocycles. The number of halogens is 1. The van der Waals surface area contributed by atoms with Crippen molar-refractivity contribution in [3.8, 4) is 17.6 Å². The molecule has 3 aromatic carbocycles. The number of ether oxygens (including phenoxy) is 2. The third-order valence-corrected chi connectivity index (χ3v) is 12.3. The lowest BCUT2D eigenvalue weighted by Gasteiger charge is -2.35. The Kier molecular flexibility index (Phi) is 13.2. The molecule has 0 amide bonds. The summed E-state index contributed by atoms with van der Waals surface area (Å²) in [4.78, 5) is 34.7. The van der Waals surface area contributed by atoms with Gasteiger partial charge in [-0.3, -0.25) is 29.3 Å². The molecule has 16 heteroatoms. The van der Waals surface area contributed by atoms with Crippen LogP contribution in [0.2, 0.25) is 0 Å². The summed E-state index contributed by atoms with van der Waals surface area (Å²) in [6.45, 7) is 9.62. The van der Waals surface area contributed by atoms with Crippen LogP contribution in [0.25, 0.3) is 0 Å². The van der Waals surface area contributed by atoms with Crippen LogP contribution in [0.4, 0.5) is 17.1 Å². The predicted molar refractivity (Wildman–Crippen MR) is 214 cm³/mol. The molecule has 1 N–H and O–H groups in total. The number of hydrogen-bond donors (Lipinski definition) is 1. The summed E-state index contributed by atoms with van der Waals surface area (Å²) in [6, 6.07) is 14.9. The third-order valence-electron chi connectivity index (χ3n) is 9.85. The number of nitrogens with one attached hydrogen (secondary N) is 1. The van der Waals surface area contributed by atoms with Crippen LogP contribution in [0.15, 0.2) is 86.5 Å². The maximum absolute atomic E-state index is 14.3. The van der Waals surface area contributed by atoms with Gasteiger partial charge in [-0.15, -0.1) is 0 Å². The van der Waals surface area contributed by atoms with Gasteiger partial charge in [0.15, 0.2) is 22.2 Å². The highest BCUT2D eigenvalue weighted by molar-refractivity contribution is 9.10. The quantitative estimate of drug-likeness (QED) is 0.107. The molecule has 1 heterocycles. The van der Waals surface area contributed by atoms with Crippen molar-refractivity contribution in [3.63, 3.8) is 0 Å². The van der Waals surface area contributed by atoms with E-state index < -0.39 is 42.1 Å². The summed E-state index contributed by atoms with van der Waals surface area (Å²) in [6.07, 6.45) is 3.41. The number of Topliss-reactive ketones (excluding diaryl/α,β-unsaturated/α-hetero) is 1. The van der Waals surface area contributed by atoms with Gasteiger partial charge in [-0.2, -0.15) is 5.26 Å². The number of allylic oxidation sites excluding steroid dienone is 4. The van der Waals surface area contributed by atoms with Crippen LogP contribution in [0.1, 0.15) is 83.8 Å². The van der Waals surface area contributed by atoms with Gasteiger partial charge in [0, 0.05) is 41.6 Å². The SMILES string of the molecule is CCCC1CC(=O)C2=C(C1)NC(C)=C(C#N)C2c1cc(Br)c(OCc2ccccc2N(CCC(C)C)S(=O)(=O)c2ccc([N+](=O)[O-])cc2[N+](=O)[O-])c(OCC)c1. The molecule has 2 aliphatic rings. The second kappa shape index (κ2) is 17.7. The molecule has 0 radical (unpaired) electrons. The lowest BCUT2D eigenvalue weighted by molar-refractivity contribution is -0.396. The first-order valence-electron chi connectivity index (χ1n) is 18.4. The summed E-state index contributed by atoms with van der Waals surface area (Å²) in [7, 11) is -4.64. The number of rotatable bonds is 16. The summed E-state index contributed by atoms with van der Waals surface area (Å²) in [5.74, 6) is 0.293. The van der Waals surface area contributed by atoms with E-state index in [-0.39, 0.29) is 43.1 Å². The van der Waals surface area contributed by atoms with Crippen LogP contribution in [0, 0.1) is 43.4 Å². The minimum absolute atomic E-state index is 0.00416. The van der Waals surface area contributed by atoms with Crippen LogP contribution in [-0.2, 0) is 21.4 Å². The van der Waals surface area contributed by atoms with Gasteiger partial charge in [0.2, 0.25) is 0 Å². The molecule has 296 valence electrons. The topological polar surface area (TPSA) is 195 Å². The van der Waals surface area contributed by atoms with E-state index >= 15 is 0 Å². The van der Waals surface area contributed by atoms with Gasteiger partial charge in [-0.25, -0.2) is 8.42 Å². The van der Waals surface area contributed by atoms with E-state index in [9.17, 15) is 38.7 Å². The lowest BCUT2D eigenvalue weighted by atomic mass is 9.72. The Morgan fingerprint density at radius 2 is 1.79 bits per heavy atom. The third kappa shape index (κ3) is 8.74. The number of ketones is 1. The highest BCUT2D eigenvalue weighted by Crippen LogP contribution is 2.48.